The van der Waals surface area contributed by atoms with Crippen LogP contribution in [0, 0.1) is 5.92 Å². The number of nitrogens with two attached hydrogens (primary N) is 1. The van der Waals surface area contributed by atoms with E-state index in [0.717, 1.165) is 0 Å². The second-order valence-electron chi connectivity index (χ2n) is 4.07. The van der Waals surface area contributed by atoms with Crippen LogP contribution in [0.2, 0.25) is 0 Å². The van der Waals surface area contributed by atoms with Gasteiger partial charge in [-0.15, -0.1) is 6.58 Å². The molecule has 1 amide bonds. The number of amides is 1. The summed E-state index contributed by atoms with van der Waals surface area (Å²) in [5.74, 6) is -1.09. The van der Waals surface area contributed by atoms with Crippen LogP contribution in [0.3, 0.4) is 0 Å². The molecule has 0 aliphatic rings. The van der Waals surface area contributed by atoms with E-state index >= 15 is 0 Å². The maximum absolute atomic E-state index is 11.7. The van der Waals surface area contributed by atoms with Crippen LogP contribution in [0.4, 0.5) is 0 Å². The molecule has 0 spiro atoms. The Morgan fingerprint density at radius 1 is 1.50 bits per heavy atom. The lowest BCUT2D eigenvalue weighted by atomic mass is 10.0. The van der Waals surface area contributed by atoms with Gasteiger partial charge in [-0.1, -0.05) is 19.9 Å². The largest absolute Gasteiger partial charge is 0.480 e. The number of rotatable bonds is 7. The minimum atomic E-state index is -1.03. The lowest BCUT2D eigenvalue weighted by Gasteiger charge is -2.22. The Kier molecular flexibility index (Phi) is 6.41. The molecule has 5 heteroatoms. The monoisotopic (exact) mass is 228 g/mol. The standard InChI is InChI=1S/C11H20N2O3/c1-4-5-13(7-11(15)16)10(14)6-9(12)8(2)3/h4,8-9H,1,5-7,12H2,2-3H3,(H,15,16). The van der Waals surface area contributed by atoms with Crippen LogP contribution in [0.25, 0.3) is 0 Å². The summed E-state index contributed by atoms with van der Waals surface area (Å²) in [4.78, 5) is 23.5. The van der Waals surface area contributed by atoms with E-state index in [-0.39, 0.29) is 37.4 Å². The Hall–Kier alpha value is -1.36. The smallest absolute Gasteiger partial charge is 0.323 e. The van der Waals surface area contributed by atoms with E-state index in [2.05, 4.69) is 6.58 Å². The van der Waals surface area contributed by atoms with Crippen molar-refractivity contribution in [2.24, 2.45) is 11.7 Å². The van der Waals surface area contributed by atoms with Gasteiger partial charge in [0.2, 0.25) is 5.91 Å². The van der Waals surface area contributed by atoms with Gasteiger partial charge in [0.05, 0.1) is 0 Å². The van der Waals surface area contributed by atoms with Crippen LogP contribution >= 0.6 is 0 Å². The second kappa shape index (κ2) is 7.00. The van der Waals surface area contributed by atoms with Gasteiger partial charge in [0, 0.05) is 19.0 Å². The van der Waals surface area contributed by atoms with E-state index in [0.29, 0.717) is 0 Å². The topological polar surface area (TPSA) is 83.6 Å². The third-order valence-electron chi connectivity index (χ3n) is 2.29. The van der Waals surface area contributed by atoms with Gasteiger partial charge in [0.15, 0.2) is 0 Å². The van der Waals surface area contributed by atoms with Crippen molar-refractivity contribution in [2.75, 3.05) is 13.1 Å². The summed E-state index contributed by atoms with van der Waals surface area (Å²) in [5.41, 5.74) is 5.76. The molecular formula is C11H20N2O3. The summed E-state index contributed by atoms with van der Waals surface area (Å²) in [5, 5.41) is 8.64. The third-order valence-corrected chi connectivity index (χ3v) is 2.29. The number of carboxylic acids is 1. The highest BCUT2D eigenvalue weighted by Gasteiger charge is 2.19. The average molecular weight is 228 g/mol. The van der Waals surface area contributed by atoms with Gasteiger partial charge in [0.25, 0.3) is 0 Å². The fourth-order valence-corrected chi connectivity index (χ4v) is 1.14. The maximum Gasteiger partial charge on any atom is 0.323 e. The molecule has 16 heavy (non-hydrogen) atoms. The van der Waals surface area contributed by atoms with Crippen molar-refractivity contribution in [3.63, 3.8) is 0 Å². The third kappa shape index (κ3) is 5.50. The van der Waals surface area contributed by atoms with Crippen LogP contribution in [0.5, 0.6) is 0 Å². The fourth-order valence-electron chi connectivity index (χ4n) is 1.14. The predicted octanol–water partition coefficient (Wildman–Crippen LogP) is 0.459. The molecule has 0 radical (unpaired) electrons. The molecular weight excluding hydrogens is 208 g/mol. The normalized spacial score (nSPS) is 12.2. The molecule has 0 aromatic heterocycles. The van der Waals surface area contributed by atoms with Gasteiger partial charge in [-0.25, -0.2) is 0 Å². The number of hydrogen-bond donors (Lipinski definition) is 2. The zero-order chi connectivity index (χ0) is 12.7. The van der Waals surface area contributed by atoms with E-state index in [1.54, 1.807) is 0 Å². The lowest BCUT2D eigenvalue weighted by molar-refractivity contribution is -0.144. The Morgan fingerprint density at radius 2 is 2.06 bits per heavy atom. The number of nitrogens with zero attached hydrogens (tertiary/aromatic N) is 1. The van der Waals surface area contributed by atoms with Crippen LogP contribution in [0.1, 0.15) is 20.3 Å². The Labute approximate surface area is 95.9 Å². The minimum absolute atomic E-state index is 0.165. The molecule has 0 heterocycles. The average Bonchev–Trinajstić information content (AvgIpc) is 2.16. The van der Waals surface area contributed by atoms with E-state index in [4.69, 9.17) is 10.8 Å². The first-order chi connectivity index (χ1) is 7.38. The highest BCUT2D eigenvalue weighted by Crippen LogP contribution is 2.05. The summed E-state index contributed by atoms with van der Waals surface area (Å²) in [7, 11) is 0. The Bertz CT molecular complexity index is 264. The van der Waals surface area contributed by atoms with Crippen LogP contribution < -0.4 is 5.73 Å². The van der Waals surface area contributed by atoms with Crippen molar-refractivity contribution in [1.82, 2.24) is 4.90 Å². The second-order valence-corrected chi connectivity index (χ2v) is 4.07. The number of aliphatic carboxylic acids is 1. The molecule has 0 aromatic carbocycles. The summed E-state index contributed by atoms with van der Waals surface area (Å²) in [6.45, 7) is 7.26. The number of carbonyl (C=O) groups excluding carboxylic acids is 1. The minimum Gasteiger partial charge on any atom is -0.480 e. The zero-order valence-corrected chi connectivity index (χ0v) is 9.85. The lowest BCUT2D eigenvalue weighted by Crippen LogP contribution is -2.40. The van der Waals surface area contributed by atoms with Crippen molar-refractivity contribution in [1.29, 1.82) is 0 Å². The van der Waals surface area contributed by atoms with E-state index < -0.39 is 5.97 Å². The quantitative estimate of drug-likeness (QED) is 0.620. The van der Waals surface area contributed by atoms with Gasteiger partial charge in [-0.05, 0) is 5.92 Å². The molecule has 5 nitrogen and oxygen atoms in total. The fraction of sp³-hybridized carbons (Fsp3) is 0.636. The molecule has 3 N–H and O–H groups in total. The van der Waals surface area contributed by atoms with Crippen molar-refractivity contribution in [3.05, 3.63) is 12.7 Å². The molecule has 0 saturated carbocycles. The van der Waals surface area contributed by atoms with E-state index in [1.807, 2.05) is 13.8 Å². The Balaban J connectivity index is 4.37. The first-order valence-corrected chi connectivity index (χ1v) is 5.24. The van der Waals surface area contributed by atoms with Crippen molar-refractivity contribution in [2.45, 2.75) is 26.3 Å². The van der Waals surface area contributed by atoms with E-state index in [1.165, 1.54) is 11.0 Å². The van der Waals surface area contributed by atoms with Crippen LogP contribution in [-0.4, -0.2) is 41.0 Å². The first-order valence-electron chi connectivity index (χ1n) is 5.24. The van der Waals surface area contributed by atoms with Crippen molar-refractivity contribution in [3.8, 4) is 0 Å². The number of hydrogen-bond acceptors (Lipinski definition) is 3. The summed E-state index contributed by atoms with van der Waals surface area (Å²) < 4.78 is 0. The van der Waals surface area contributed by atoms with E-state index in [9.17, 15) is 9.59 Å². The molecule has 92 valence electrons. The number of carboxylic acid groups (broad SMARTS) is 1. The van der Waals surface area contributed by atoms with Gasteiger partial charge >= 0.3 is 5.97 Å². The Morgan fingerprint density at radius 3 is 2.44 bits per heavy atom. The first kappa shape index (κ1) is 14.6. The molecule has 0 bridgehead atoms. The SMILES string of the molecule is C=CCN(CC(=O)O)C(=O)CC(N)C(C)C. The molecule has 0 aliphatic carbocycles. The van der Waals surface area contributed by atoms with Gasteiger partial charge in [0.1, 0.15) is 6.54 Å². The maximum atomic E-state index is 11.7. The van der Waals surface area contributed by atoms with Gasteiger partial charge in [-0.3, -0.25) is 9.59 Å². The molecule has 0 saturated heterocycles. The van der Waals surface area contributed by atoms with Crippen molar-refractivity contribution < 1.29 is 14.7 Å². The van der Waals surface area contributed by atoms with Crippen LogP contribution in [-0.2, 0) is 9.59 Å². The van der Waals surface area contributed by atoms with Gasteiger partial charge in [-0.2, -0.15) is 0 Å². The summed E-state index contributed by atoms with van der Waals surface area (Å²) in [6, 6.07) is -0.242. The molecule has 1 atom stereocenters. The molecule has 0 fully saturated rings. The predicted molar refractivity (Wildman–Crippen MR) is 61.8 cm³/mol. The highest BCUT2D eigenvalue weighted by molar-refractivity contribution is 5.81. The molecule has 0 aromatic rings. The molecule has 1 unspecified atom stereocenters. The molecule has 0 aliphatic heterocycles. The number of carbonyl (C=O) groups is 2. The molecule has 0 rings (SSSR count). The summed E-state index contributed by atoms with van der Waals surface area (Å²) in [6.07, 6.45) is 1.67. The highest BCUT2D eigenvalue weighted by atomic mass is 16.4. The summed E-state index contributed by atoms with van der Waals surface area (Å²) >= 11 is 0. The van der Waals surface area contributed by atoms with Gasteiger partial charge < -0.3 is 15.7 Å². The van der Waals surface area contributed by atoms with Crippen LogP contribution in [0.15, 0.2) is 12.7 Å². The van der Waals surface area contributed by atoms with Crippen molar-refractivity contribution >= 4 is 11.9 Å². The zero-order valence-electron chi connectivity index (χ0n) is 9.85.